The number of hydrogen-bond donors (Lipinski definition) is 4. The van der Waals surface area contributed by atoms with E-state index in [9.17, 15) is 28.9 Å². The fourth-order valence-electron chi connectivity index (χ4n) is 5.58. The zero-order valence-electron chi connectivity index (χ0n) is 39.6. The van der Waals surface area contributed by atoms with Crippen LogP contribution in [0.4, 0.5) is 0 Å². The molecule has 0 rings (SSSR count). The summed E-state index contributed by atoms with van der Waals surface area (Å²) in [5.74, 6) is -2.30. The summed E-state index contributed by atoms with van der Waals surface area (Å²) in [6.07, 6.45) is 41.1. The monoisotopic (exact) mass is 940 g/mol. The highest BCUT2D eigenvalue weighted by Gasteiger charge is 2.28. The van der Waals surface area contributed by atoms with Crippen molar-refractivity contribution in [3.63, 3.8) is 0 Å². The number of ether oxygens (including phenoxy) is 2. The molecule has 0 spiro atoms. The molecular weight excluding hydrogens is 856 g/mol. The number of aliphatic hydroxyl groups excluding tert-OH is 1. The van der Waals surface area contributed by atoms with Crippen molar-refractivity contribution in [2.45, 2.75) is 153 Å². The summed E-state index contributed by atoms with van der Waals surface area (Å²) in [6.45, 7) is 3.71. The number of aliphatic carboxylic acids is 1. The number of phosphoric acid groups is 1. The average Bonchev–Trinajstić information content (AvgIpc) is 3.23. The molecule has 0 aliphatic heterocycles. The van der Waals surface area contributed by atoms with Gasteiger partial charge >= 0.3 is 25.7 Å². The van der Waals surface area contributed by atoms with Crippen LogP contribution in [0.5, 0.6) is 0 Å². The highest BCUT2D eigenvalue weighted by Crippen LogP contribution is 2.43. The largest absolute Gasteiger partial charge is 0.481 e. The van der Waals surface area contributed by atoms with Crippen LogP contribution in [0.2, 0.25) is 0 Å². The van der Waals surface area contributed by atoms with Crippen molar-refractivity contribution in [2.24, 2.45) is 5.73 Å². The zero-order chi connectivity index (χ0) is 47.7. The van der Waals surface area contributed by atoms with Gasteiger partial charge in [-0.1, -0.05) is 125 Å². The molecule has 15 heteroatoms. The third kappa shape index (κ3) is 40.4. The number of quaternary nitrogens is 1. The second kappa shape index (κ2) is 40.2. The molecule has 5 N–H and O–H groups in total. The quantitative estimate of drug-likeness (QED) is 0.0113. The number of rotatable bonds is 41. The third-order valence-corrected chi connectivity index (χ3v) is 11.8. The predicted molar refractivity (Wildman–Crippen MR) is 262 cm³/mol. The molecule has 0 aromatic heterocycles. The fourth-order valence-corrected chi connectivity index (χ4v) is 7.44. The molecule has 0 amide bonds. The van der Waals surface area contributed by atoms with Gasteiger partial charge in [-0.15, -0.1) is 11.8 Å². The molecule has 1 unspecified atom stereocenters. The van der Waals surface area contributed by atoms with Gasteiger partial charge in [0.2, 0.25) is 0 Å². The number of hydrogen-bond acceptors (Lipinski definition) is 11. The fraction of sp³-hybridized carbons (Fsp3) is 0.653. The Balaban J connectivity index is 5.32. The molecule has 0 fully saturated rings. The van der Waals surface area contributed by atoms with E-state index in [0.29, 0.717) is 17.4 Å². The SMILES string of the molecule is CCCCC/C=C\C\C=C/C=C/C=C/[C@@H](SC[C@H](N)C(=O)OC[C@H](COP(=O)(O)OCC[N+](C)(C)C)OC(=O)CCCC/C=C\C/C=C\C/C=C\CCCCC)[C@@H](O)CCCC(=O)O. The number of phosphoric ester groups is 1. The molecule has 0 saturated carbocycles. The Bertz CT molecular complexity index is 1490. The molecule has 13 nitrogen and oxygen atoms in total. The highest BCUT2D eigenvalue weighted by atomic mass is 32.2. The number of likely N-dealkylation sites (N-methyl/N-ethyl adjacent to an activating group) is 1. The van der Waals surface area contributed by atoms with E-state index >= 15 is 0 Å². The van der Waals surface area contributed by atoms with Gasteiger partial charge in [0, 0.05) is 23.8 Å². The molecule has 0 aromatic rings. The van der Waals surface area contributed by atoms with Gasteiger partial charge in [0.25, 0.3) is 0 Å². The molecule has 366 valence electrons. The van der Waals surface area contributed by atoms with Gasteiger partial charge in [-0.2, -0.15) is 0 Å². The van der Waals surface area contributed by atoms with Gasteiger partial charge in [-0.3, -0.25) is 23.4 Å². The van der Waals surface area contributed by atoms with E-state index in [-0.39, 0.29) is 38.0 Å². The maximum absolute atomic E-state index is 13.0. The Morgan fingerprint density at radius 2 is 1.28 bits per heavy atom. The second-order valence-corrected chi connectivity index (χ2v) is 19.3. The van der Waals surface area contributed by atoms with Crippen molar-refractivity contribution in [1.82, 2.24) is 0 Å². The maximum Gasteiger partial charge on any atom is 0.472 e. The van der Waals surface area contributed by atoms with Crippen LogP contribution in [0, 0.1) is 0 Å². The van der Waals surface area contributed by atoms with Crippen LogP contribution in [-0.4, -0.2) is 114 Å². The molecule has 0 radical (unpaired) electrons. The lowest BCUT2D eigenvalue weighted by atomic mass is 10.1. The number of carboxylic acid groups (broad SMARTS) is 1. The molecule has 0 aromatic carbocycles. The number of nitrogens with two attached hydrogens (primary N) is 1. The van der Waals surface area contributed by atoms with Crippen molar-refractivity contribution >= 4 is 37.5 Å². The smallest absolute Gasteiger partial charge is 0.472 e. The van der Waals surface area contributed by atoms with Crippen molar-refractivity contribution in [3.8, 4) is 0 Å². The molecule has 64 heavy (non-hydrogen) atoms. The average molecular weight is 940 g/mol. The standard InChI is InChI=1S/C49H83N2O11PS/c1-6-8-10-12-14-16-18-20-21-22-24-26-28-30-32-37-48(55)62-43(41-61-63(57,58)60-39-38-51(3,4)5)40-59-49(56)44(50)42-64-46(45(52)34-33-36-47(53)54)35-31-29-27-25-23-19-17-15-13-11-9-7-2/h14-17,20-21,23-27,29,31,35,43-46,52H,6-13,18-19,22,28,30,32-34,36-42,50H2,1-5H3,(H-,53,54,57,58)/p+1/b16-14-,17-15-,21-20-,25-23-,26-24-,29-27+,35-31+/t43-,44+,45+,46-/m1/s1. The summed E-state index contributed by atoms with van der Waals surface area (Å²) in [6, 6.07) is -1.14. The first-order chi connectivity index (χ1) is 30.6. The van der Waals surface area contributed by atoms with Gasteiger partial charge in [0.1, 0.15) is 25.8 Å². The highest BCUT2D eigenvalue weighted by molar-refractivity contribution is 8.00. The zero-order valence-corrected chi connectivity index (χ0v) is 41.4. The van der Waals surface area contributed by atoms with Gasteiger partial charge in [-0.05, 0) is 77.0 Å². The lowest BCUT2D eigenvalue weighted by Gasteiger charge is -2.24. The number of unbranched alkanes of at least 4 members (excludes halogenated alkanes) is 8. The Hall–Kier alpha value is -3.07. The van der Waals surface area contributed by atoms with Gasteiger partial charge in [-0.25, -0.2) is 4.57 Å². The van der Waals surface area contributed by atoms with Gasteiger partial charge in [0.15, 0.2) is 6.10 Å². The topological polar surface area (TPSA) is 192 Å². The van der Waals surface area contributed by atoms with Gasteiger partial charge < -0.3 is 34.8 Å². The number of carbonyl (C=O) groups excluding carboxylic acids is 2. The summed E-state index contributed by atoms with van der Waals surface area (Å²) in [5, 5.41) is 19.5. The second-order valence-electron chi connectivity index (χ2n) is 16.6. The van der Waals surface area contributed by atoms with E-state index in [2.05, 4.69) is 62.5 Å². The molecule has 0 bridgehead atoms. The number of thioether (sulfide) groups is 1. The van der Waals surface area contributed by atoms with Crippen molar-refractivity contribution in [1.29, 1.82) is 0 Å². The Morgan fingerprint density at radius 3 is 1.86 bits per heavy atom. The lowest BCUT2D eigenvalue weighted by molar-refractivity contribution is -0.870. The summed E-state index contributed by atoms with van der Waals surface area (Å²) in [5.41, 5.74) is 6.20. The third-order valence-electron chi connectivity index (χ3n) is 9.39. The number of allylic oxidation sites excluding steroid dienone is 13. The van der Waals surface area contributed by atoms with Gasteiger partial charge in [0.05, 0.1) is 33.9 Å². The summed E-state index contributed by atoms with van der Waals surface area (Å²) in [4.78, 5) is 47.2. The maximum atomic E-state index is 13.0. The first-order valence-electron chi connectivity index (χ1n) is 23.3. The van der Waals surface area contributed by atoms with Crippen LogP contribution in [0.15, 0.2) is 85.1 Å². The minimum Gasteiger partial charge on any atom is -0.481 e. The van der Waals surface area contributed by atoms with Crippen LogP contribution < -0.4 is 5.73 Å². The predicted octanol–water partition coefficient (Wildman–Crippen LogP) is 10.1. The number of esters is 2. The summed E-state index contributed by atoms with van der Waals surface area (Å²) < 4.78 is 34.3. The molecule has 0 aliphatic rings. The normalized spacial score (nSPS) is 15.6. The van der Waals surface area contributed by atoms with Crippen LogP contribution in [-0.2, 0) is 37.5 Å². The number of aliphatic hydroxyl groups is 1. The van der Waals surface area contributed by atoms with E-state index in [1.54, 1.807) is 12.2 Å². The molecule has 0 aliphatic carbocycles. The molecule has 0 heterocycles. The Morgan fingerprint density at radius 1 is 0.719 bits per heavy atom. The minimum atomic E-state index is -4.53. The van der Waals surface area contributed by atoms with E-state index in [0.717, 1.165) is 44.9 Å². The Labute approximate surface area is 390 Å². The van der Waals surface area contributed by atoms with E-state index in [1.165, 1.54) is 50.3 Å². The number of nitrogens with zero attached hydrogens (tertiary/aromatic N) is 1. The van der Waals surface area contributed by atoms with Crippen LogP contribution in [0.1, 0.15) is 129 Å². The number of carbonyl (C=O) groups is 3. The van der Waals surface area contributed by atoms with Crippen molar-refractivity contribution in [2.75, 3.05) is 53.3 Å². The first kappa shape index (κ1) is 60.9. The number of carboxylic acids is 1. The van der Waals surface area contributed by atoms with Crippen LogP contribution >= 0.6 is 19.6 Å². The first-order valence-corrected chi connectivity index (χ1v) is 25.8. The van der Waals surface area contributed by atoms with Crippen molar-refractivity contribution in [3.05, 3.63) is 85.1 Å². The minimum absolute atomic E-state index is 0.0478. The molecular formula is C49H84N2O11PS+. The summed E-state index contributed by atoms with van der Waals surface area (Å²) in [7, 11) is 1.18. The van der Waals surface area contributed by atoms with E-state index < -0.39 is 62.4 Å². The van der Waals surface area contributed by atoms with Crippen LogP contribution in [0.3, 0.4) is 0 Å². The Kier molecular flexibility index (Phi) is 38.3. The van der Waals surface area contributed by atoms with E-state index in [4.69, 9.17) is 29.4 Å². The summed E-state index contributed by atoms with van der Waals surface area (Å²) >= 11 is 1.22. The molecule has 0 saturated heterocycles. The van der Waals surface area contributed by atoms with E-state index in [1.807, 2.05) is 45.4 Å². The lowest BCUT2D eigenvalue weighted by Crippen LogP contribution is -2.39. The van der Waals surface area contributed by atoms with Crippen LogP contribution in [0.25, 0.3) is 0 Å². The molecule has 5 atom stereocenters. The van der Waals surface area contributed by atoms with Crippen molar-refractivity contribution < 1.29 is 57.1 Å².